The molecule has 45 heavy (non-hydrogen) atoms. The first kappa shape index (κ1) is 32.9. The van der Waals surface area contributed by atoms with Crippen LogP contribution in [-0.2, 0) is 18.7 Å². The molecule has 2 aliphatic heterocycles. The second-order valence-corrected chi connectivity index (χ2v) is 15.0. The van der Waals surface area contributed by atoms with Gasteiger partial charge in [0.25, 0.3) is 5.91 Å². The number of halogens is 1. The van der Waals surface area contributed by atoms with E-state index in [9.17, 15) is 53.0 Å². The third-order valence-corrected chi connectivity index (χ3v) is 11.5. The Balaban J connectivity index is 1.38. The van der Waals surface area contributed by atoms with Gasteiger partial charge in [-0.15, -0.1) is 0 Å². The number of nitrogens with zero attached hydrogens (tertiary/aromatic N) is 3. The minimum atomic E-state index is -5.45. The Morgan fingerprint density at radius 1 is 1.11 bits per heavy atom. The molecule has 3 fully saturated rings. The number of rotatable bonds is 9. The quantitative estimate of drug-likeness (QED) is 0.203. The molecule has 2 saturated heterocycles. The Labute approximate surface area is 253 Å². The minimum absolute atomic E-state index is 0.0323. The molecule has 3 heterocycles. The van der Waals surface area contributed by atoms with Gasteiger partial charge in [0.15, 0.2) is 18.2 Å². The summed E-state index contributed by atoms with van der Waals surface area (Å²) in [7, 11) is -9.60. The summed E-state index contributed by atoms with van der Waals surface area (Å²) in [6.07, 6.45) is 2.92. The van der Waals surface area contributed by atoms with E-state index in [1.165, 1.54) is 23.5 Å². The van der Waals surface area contributed by atoms with Gasteiger partial charge in [0.1, 0.15) is 11.3 Å². The van der Waals surface area contributed by atoms with Crippen molar-refractivity contribution in [1.29, 1.82) is 0 Å². The molecule has 20 heteroatoms. The predicted molar refractivity (Wildman–Crippen MR) is 153 cm³/mol. The average molecular weight is 676 g/mol. The molecule has 2 aromatic rings. The van der Waals surface area contributed by atoms with E-state index in [0.717, 1.165) is 18.9 Å². The van der Waals surface area contributed by atoms with Crippen molar-refractivity contribution in [2.45, 2.75) is 43.3 Å². The van der Waals surface area contributed by atoms with E-state index in [4.69, 9.17) is 9.47 Å². The Morgan fingerprint density at radius 2 is 1.78 bits per heavy atom. The van der Waals surface area contributed by atoms with Crippen LogP contribution in [0.4, 0.5) is 14.9 Å². The van der Waals surface area contributed by atoms with E-state index in [-0.39, 0.29) is 53.9 Å². The number of fused-ring (bicyclic) bond motifs is 2. The molecule has 2 amide bonds. The SMILES string of the molecule is COc1c(N2CC3CCCN(C(=O)OCC(=O)NC(P(=O)(O)O)P(=O)(O)O)C3C2)c(F)cc2c(=O)c(C(=O)O)cn(C3CC3)c12. The second kappa shape index (κ2) is 12.0. The van der Waals surface area contributed by atoms with Gasteiger partial charge in [-0.25, -0.2) is 14.0 Å². The van der Waals surface area contributed by atoms with Crippen LogP contribution in [0.5, 0.6) is 5.75 Å². The van der Waals surface area contributed by atoms with Crippen LogP contribution in [0.2, 0.25) is 0 Å². The lowest BCUT2D eigenvalue weighted by molar-refractivity contribution is -0.124. The molecule has 17 nitrogen and oxygen atoms in total. The van der Waals surface area contributed by atoms with E-state index < -0.39 is 68.1 Å². The van der Waals surface area contributed by atoms with Crippen LogP contribution in [0, 0.1) is 11.7 Å². The normalized spacial score (nSPS) is 20.3. The monoisotopic (exact) mass is 676 g/mol. The van der Waals surface area contributed by atoms with E-state index in [2.05, 4.69) is 0 Å². The zero-order valence-corrected chi connectivity index (χ0v) is 25.5. The number of ether oxygens (including phenoxy) is 2. The summed E-state index contributed by atoms with van der Waals surface area (Å²) < 4.78 is 50.9. The van der Waals surface area contributed by atoms with Crippen molar-refractivity contribution in [1.82, 2.24) is 14.8 Å². The van der Waals surface area contributed by atoms with Gasteiger partial charge in [-0.1, -0.05) is 0 Å². The predicted octanol–water partition coefficient (Wildman–Crippen LogP) is 0.975. The van der Waals surface area contributed by atoms with Gasteiger partial charge in [0.2, 0.25) is 11.0 Å². The van der Waals surface area contributed by atoms with Gasteiger partial charge in [-0.3, -0.25) is 18.7 Å². The largest absolute Gasteiger partial charge is 0.492 e. The lowest BCUT2D eigenvalue weighted by atomic mass is 9.92. The van der Waals surface area contributed by atoms with Crippen molar-refractivity contribution in [3.8, 4) is 5.75 Å². The van der Waals surface area contributed by atoms with Crippen molar-refractivity contribution >= 4 is 49.8 Å². The second-order valence-electron chi connectivity index (χ2n) is 11.2. The molecular formula is C25H31FN4O13P2. The number of piperidine rings is 1. The zero-order valence-electron chi connectivity index (χ0n) is 23.7. The van der Waals surface area contributed by atoms with Crippen molar-refractivity contribution in [2.75, 3.05) is 38.3 Å². The lowest BCUT2D eigenvalue weighted by Crippen LogP contribution is -2.49. The molecule has 1 saturated carbocycles. The Bertz CT molecular complexity index is 1700. The topological polar surface area (TPSA) is 245 Å². The number of hydrogen-bond acceptors (Lipinski definition) is 9. The number of aromatic carboxylic acids is 1. The number of benzene rings is 1. The molecule has 3 aliphatic rings. The van der Waals surface area contributed by atoms with Gasteiger partial charge in [0, 0.05) is 31.9 Å². The van der Waals surface area contributed by atoms with Crippen molar-refractivity contribution in [2.24, 2.45) is 5.92 Å². The molecule has 246 valence electrons. The number of carboxylic acids is 1. The maximum absolute atomic E-state index is 15.8. The highest BCUT2D eigenvalue weighted by atomic mass is 31.2. The van der Waals surface area contributed by atoms with Crippen LogP contribution in [0.1, 0.15) is 42.1 Å². The number of hydrogen-bond donors (Lipinski definition) is 6. The third-order valence-electron chi connectivity index (χ3n) is 8.16. The fourth-order valence-electron chi connectivity index (χ4n) is 6.07. The number of anilines is 1. The van der Waals surface area contributed by atoms with Crippen LogP contribution in [-0.4, -0.2) is 97.0 Å². The third kappa shape index (κ3) is 6.44. The van der Waals surface area contributed by atoms with Crippen LogP contribution >= 0.6 is 15.2 Å². The summed E-state index contributed by atoms with van der Waals surface area (Å²) in [5, 5.41) is 10.9. The molecule has 6 N–H and O–H groups in total. The highest BCUT2D eigenvalue weighted by Crippen LogP contribution is 2.58. The van der Waals surface area contributed by atoms with E-state index >= 15 is 4.39 Å². The first-order valence-corrected chi connectivity index (χ1v) is 17.2. The molecule has 0 spiro atoms. The number of pyridine rings is 1. The molecule has 1 aromatic carbocycles. The Hall–Kier alpha value is -3.53. The summed E-state index contributed by atoms with van der Waals surface area (Å²) in [6.45, 7) is -0.498. The first-order valence-electron chi connectivity index (χ1n) is 13.8. The van der Waals surface area contributed by atoms with Crippen LogP contribution in [0.25, 0.3) is 10.9 Å². The maximum Gasteiger partial charge on any atom is 0.410 e. The van der Waals surface area contributed by atoms with E-state index in [0.29, 0.717) is 12.8 Å². The number of aromatic nitrogens is 1. The number of nitrogens with one attached hydrogen (secondary N) is 1. The number of amides is 2. The van der Waals surface area contributed by atoms with Gasteiger partial charge in [-0.05, 0) is 37.7 Å². The Kier molecular flexibility index (Phi) is 8.76. The summed E-state index contributed by atoms with van der Waals surface area (Å²) in [5.41, 5.74) is -3.85. The van der Waals surface area contributed by atoms with Crippen molar-refractivity contribution in [3.05, 3.63) is 33.9 Å². The fraction of sp³-hybridized carbons (Fsp3) is 0.520. The fourth-order valence-corrected chi connectivity index (χ4v) is 8.27. The lowest BCUT2D eigenvalue weighted by Gasteiger charge is -2.35. The van der Waals surface area contributed by atoms with Crippen LogP contribution < -0.4 is 20.4 Å². The molecule has 2 unspecified atom stereocenters. The number of carboxylic acid groups (broad SMARTS) is 1. The molecule has 0 radical (unpaired) electrons. The van der Waals surface area contributed by atoms with Crippen LogP contribution in [0.15, 0.2) is 17.1 Å². The summed E-state index contributed by atoms with van der Waals surface area (Å²) in [6, 6.07) is 0.378. The number of methoxy groups -OCH3 is 1. The first-order chi connectivity index (χ1) is 21.0. The van der Waals surface area contributed by atoms with Crippen molar-refractivity contribution in [3.63, 3.8) is 0 Å². The van der Waals surface area contributed by atoms with Gasteiger partial charge < -0.3 is 53.8 Å². The zero-order chi connectivity index (χ0) is 33.0. The molecular weight excluding hydrogens is 645 g/mol. The van der Waals surface area contributed by atoms with Gasteiger partial charge in [-0.2, -0.15) is 0 Å². The molecule has 1 aromatic heterocycles. The van der Waals surface area contributed by atoms with E-state index in [1.807, 2.05) is 0 Å². The summed E-state index contributed by atoms with van der Waals surface area (Å²) >= 11 is 0. The Morgan fingerprint density at radius 3 is 2.36 bits per heavy atom. The molecule has 0 bridgehead atoms. The van der Waals surface area contributed by atoms with Gasteiger partial charge in [0.05, 0.1) is 24.1 Å². The standard InChI is InChI=1S/C25H31FN4O13P2/c1-42-22-19-14(21(32)15(23(33)34)9-30(19)13-4-5-13)7-16(26)20(22)28-8-12-3-2-6-29(17(12)10-28)25(35)43-11-18(31)27-24(44(36,37)38)45(39,40)41/h7,9,12-13,17,24H,2-6,8,10-11H2,1H3,(H,27,31)(H,33,34)(H2,36,37,38)(H2,39,40,41). The molecule has 5 rings (SSSR count). The molecule has 1 aliphatic carbocycles. The highest BCUT2D eigenvalue weighted by Gasteiger charge is 2.46. The van der Waals surface area contributed by atoms with Gasteiger partial charge >= 0.3 is 27.3 Å². The summed E-state index contributed by atoms with van der Waals surface area (Å²) in [4.78, 5) is 89.6. The average Bonchev–Trinajstić information content (AvgIpc) is 3.70. The number of carbonyl (C=O) groups excluding carboxylic acids is 2. The van der Waals surface area contributed by atoms with E-state index in [1.54, 1.807) is 9.47 Å². The van der Waals surface area contributed by atoms with Crippen molar-refractivity contribution < 1.29 is 62.1 Å². The molecule has 2 atom stereocenters. The number of likely N-dealkylation sites (tertiary alicyclic amines) is 1. The smallest absolute Gasteiger partial charge is 0.410 e. The number of carbonyl (C=O) groups is 3. The highest BCUT2D eigenvalue weighted by molar-refractivity contribution is 7.70. The minimum Gasteiger partial charge on any atom is -0.492 e. The van der Waals surface area contributed by atoms with Crippen LogP contribution in [0.3, 0.4) is 0 Å². The maximum atomic E-state index is 15.8. The summed E-state index contributed by atoms with van der Waals surface area (Å²) in [5.74, 6) is -3.74.